The van der Waals surface area contributed by atoms with E-state index in [1.54, 1.807) is 22.5 Å². The molecule has 1 aliphatic heterocycles. The van der Waals surface area contributed by atoms with Crippen LogP contribution < -0.4 is 4.90 Å². The van der Waals surface area contributed by atoms with Crippen LogP contribution in [0.4, 0.5) is 10.3 Å². The Labute approximate surface area is 167 Å². The Kier molecular flexibility index (Phi) is 4.80. The summed E-state index contributed by atoms with van der Waals surface area (Å²) in [5.74, 6) is 1.49. The minimum absolute atomic E-state index is 0.258. The maximum atomic E-state index is 13.4. The van der Waals surface area contributed by atoms with E-state index >= 15 is 0 Å². The van der Waals surface area contributed by atoms with Crippen molar-refractivity contribution >= 4 is 17.7 Å². The number of rotatable bonds is 6. The Morgan fingerprint density at radius 2 is 1.93 bits per heavy atom. The quantitative estimate of drug-likeness (QED) is 0.582. The molecular weight excluding hydrogens is 375 g/mol. The average Bonchev–Trinajstić information content (AvgIpc) is 3.29. The van der Waals surface area contributed by atoms with E-state index in [-0.39, 0.29) is 5.82 Å². The van der Waals surface area contributed by atoms with E-state index in [4.69, 9.17) is 0 Å². The second-order valence-corrected chi connectivity index (χ2v) is 8.39. The molecule has 28 heavy (non-hydrogen) atoms. The Morgan fingerprint density at radius 3 is 2.71 bits per heavy atom. The summed E-state index contributed by atoms with van der Waals surface area (Å²) in [7, 11) is 0. The highest BCUT2D eigenvalue weighted by Crippen LogP contribution is 2.41. The third-order valence-electron chi connectivity index (χ3n) is 5.26. The van der Waals surface area contributed by atoms with Crippen molar-refractivity contribution in [1.29, 1.82) is 0 Å². The molecule has 0 bridgehead atoms. The summed E-state index contributed by atoms with van der Waals surface area (Å²) in [4.78, 5) is 2.39. The Hall–Kier alpha value is -2.35. The molecule has 6 nitrogen and oxygen atoms in total. The van der Waals surface area contributed by atoms with Crippen molar-refractivity contribution in [2.24, 2.45) is 0 Å². The third kappa shape index (κ3) is 3.65. The second-order valence-electron chi connectivity index (χ2n) is 7.45. The number of hydrogen-bond donors (Lipinski definition) is 0. The van der Waals surface area contributed by atoms with Gasteiger partial charge in [0, 0.05) is 31.1 Å². The van der Waals surface area contributed by atoms with Crippen molar-refractivity contribution in [3.05, 3.63) is 48.0 Å². The lowest BCUT2D eigenvalue weighted by Gasteiger charge is -2.27. The van der Waals surface area contributed by atoms with Crippen molar-refractivity contribution in [1.82, 2.24) is 24.5 Å². The van der Waals surface area contributed by atoms with Crippen LogP contribution in [0.2, 0.25) is 0 Å². The van der Waals surface area contributed by atoms with Crippen LogP contribution in [0.15, 0.2) is 41.7 Å². The van der Waals surface area contributed by atoms with Crippen LogP contribution in [-0.4, -0.2) is 37.6 Å². The highest BCUT2D eigenvalue weighted by Gasteiger charge is 2.32. The monoisotopic (exact) mass is 398 g/mol. The molecule has 1 aliphatic carbocycles. The van der Waals surface area contributed by atoms with Crippen LogP contribution in [0.1, 0.15) is 43.8 Å². The maximum Gasteiger partial charge on any atom is 0.228 e. The van der Waals surface area contributed by atoms with Gasteiger partial charge in [0.05, 0.1) is 11.4 Å². The van der Waals surface area contributed by atoms with Crippen molar-refractivity contribution in [2.75, 3.05) is 18.0 Å². The molecule has 8 heteroatoms. The number of benzene rings is 1. The first-order chi connectivity index (χ1) is 13.8. The molecule has 1 saturated heterocycles. The van der Waals surface area contributed by atoms with Crippen molar-refractivity contribution in [2.45, 2.75) is 49.1 Å². The van der Waals surface area contributed by atoms with Gasteiger partial charge in [-0.2, -0.15) is 5.10 Å². The fourth-order valence-electron chi connectivity index (χ4n) is 3.67. The minimum Gasteiger partial charge on any atom is -0.341 e. The van der Waals surface area contributed by atoms with Gasteiger partial charge < -0.3 is 4.90 Å². The van der Waals surface area contributed by atoms with E-state index < -0.39 is 0 Å². The Morgan fingerprint density at radius 1 is 1.07 bits per heavy atom. The average molecular weight is 399 g/mol. The van der Waals surface area contributed by atoms with Gasteiger partial charge in [-0.25, -0.2) is 9.07 Å². The molecular formula is C20H23FN6S. The minimum atomic E-state index is -0.258. The molecule has 0 amide bonds. The molecule has 0 N–H and O–H groups in total. The fraction of sp³-hybridized carbons (Fsp3) is 0.450. The largest absolute Gasteiger partial charge is 0.341 e. The van der Waals surface area contributed by atoms with E-state index in [0.717, 1.165) is 35.6 Å². The van der Waals surface area contributed by atoms with Crippen LogP contribution in [0.3, 0.4) is 0 Å². The van der Waals surface area contributed by atoms with E-state index in [1.165, 1.54) is 44.2 Å². The maximum absolute atomic E-state index is 13.4. The van der Waals surface area contributed by atoms with Gasteiger partial charge in [-0.1, -0.05) is 17.8 Å². The van der Waals surface area contributed by atoms with E-state index in [9.17, 15) is 4.39 Å². The second kappa shape index (κ2) is 7.58. The van der Waals surface area contributed by atoms with Crippen LogP contribution in [-0.2, 0) is 5.75 Å². The van der Waals surface area contributed by atoms with E-state index in [2.05, 4.69) is 24.8 Å². The van der Waals surface area contributed by atoms with Gasteiger partial charge in [-0.05, 0) is 56.4 Å². The van der Waals surface area contributed by atoms with E-state index in [1.807, 2.05) is 18.3 Å². The topological polar surface area (TPSA) is 51.8 Å². The number of hydrogen-bond acceptors (Lipinski definition) is 5. The van der Waals surface area contributed by atoms with Crippen LogP contribution in [0.5, 0.6) is 0 Å². The number of thioether (sulfide) groups is 1. The molecule has 1 aromatic carbocycles. The summed E-state index contributed by atoms with van der Waals surface area (Å²) in [6.45, 7) is 2.15. The van der Waals surface area contributed by atoms with Gasteiger partial charge >= 0.3 is 0 Å². The fourth-order valence-corrected chi connectivity index (χ4v) is 4.57. The number of halogens is 1. The standard InChI is InChI=1S/C20H23FN6S/c21-15-5-4-6-18(13-15)26-12-9-16(24-26)14-28-20-23-22-19(27(20)17-7-8-17)25-10-2-1-3-11-25/h4-6,9,12-13,17H,1-3,7-8,10-11,14H2. The zero-order valence-electron chi connectivity index (χ0n) is 15.7. The predicted molar refractivity (Wildman–Crippen MR) is 107 cm³/mol. The van der Waals surface area contributed by atoms with Gasteiger partial charge in [0.2, 0.25) is 5.95 Å². The summed E-state index contributed by atoms with van der Waals surface area (Å²) < 4.78 is 17.5. The SMILES string of the molecule is Fc1cccc(-n2ccc(CSc3nnc(N4CCCCC4)n3C3CC3)n2)c1. The first-order valence-corrected chi connectivity index (χ1v) is 10.9. The van der Waals surface area contributed by atoms with Gasteiger partial charge in [0.1, 0.15) is 5.82 Å². The summed E-state index contributed by atoms with van der Waals surface area (Å²) in [6.07, 6.45) is 8.06. The summed E-state index contributed by atoms with van der Waals surface area (Å²) in [6, 6.07) is 8.98. The van der Waals surface area contributed by atoms with Crippen molar-refractivity contribution < 1.29 is 4.39 Å². The lowest BCUT2D eigenvalue weighted by Crippen LogP contribution is -2.31. The zero-order chi connectivity index (χ0) is 18.9. The lowest BCUT2D eigenvalue weighted by molar-refractivity contribution is 0.548. The normalized spacial score (nSPS) is 17.2. The highest BCUT2D eigenvalue weighted by molar-refractivity contribution is 7.98. The number of aromatic nitrogens is 5. The first kappa shape index (κ1) is 17.7. The summed E-state index contributed by atoms with van der Waals surface area (Å²) in [5.41, 5.74) is 1.67. The molecule has 0 unspecified atom stereocenters. The molecule has 2 aromatic heterocycles. The highest BCUT2D eigenvalue weighted by atomic mass is 32.2. The summed E-state index contributed by atoms with van der Waals surface area (Å²) in [5, 5.41) is 14.6. The van der Waals surface area contributed by atoms with Gasteiger partial charge in [0.15, 0.2) is 5.16 Å². The van der Waals surface area contributed by atoms with Gasteiger partial charge in [-0.3, -0.25) is 4.57 Å². The Balaban J connectivity index is 1.31. The first-order valence-electron chi connectivity index (χ1n) is 9.91. The molecule has 0 atom stereocenters. The Bertz CT molecular complexity index is 957. The molecule has 2 fully saturated rings. The molecule has 146 valence electrons. The van der Waals surface area contributed by atoms with Gasteiger partial charge in [-0.15, -0.1) is 10.2 Å². The number of nitrogens with zero attached hydrogens (tertiary/aromatic N) is 6. The van der Waals surface area contributed by atoms with Crippen LogP contribution in [0.25, 0.3) is 5.69 Å². The summed E-state index contributed by atoms with van der Waals surface area (Å²) >= 11 is 1.68. The van der Waals surface area contributed by atoms with Gasteiger partial charge in [0.25, 0.3) is 0 Å². The van der Waals surface area contributed by atoms with E-state index in [0.29, 0.717) is 11.8 Å². The van der Waals surface area contributed by atoms with Crippen LogP contribution >= 0.6 is 11.8 Å². The molecule has 5 rings (SSSR count). The van der Waals surface area contributed by atoms with Crippen LogP contribution in [0, 0.1) is 5.82 Å². The lowest BCUT2D eigenvalue weighted by atomic mass is 10.1. The van der Waals surface area contributed by atoms with Crippen molar-refractivity contribution in [3.63, 3.8) is 0 Å². The molecule has 3 heterocycles. The zero-order valence-corrected chi connectivity index (χ0v) is 16.5. The van der Waals surface area contributed by atoms with Crippen molar-refractivity contribution in [3.8, 4) is 5.69 Å². The molecule has 1 saturated carbocycles. The molecule has 3 aromatic rings. The number of piperidine rings is 1. The predicted octanol–water partition coefficient (Wildman–Crippen LogP) is 4.22. The smallest absolute Gasteiger partial charge is 0.228 e. The third-order valence-corrected chi connectivity index (χ3v) is 6.24. The molecule has 0 spiro atoms. The molecule has 2 aliphatic rings. The molecule has 0 radical (unpaired) electrons. The number of anilines is 1.